The fraction of sp³-hybridized carbons (Fsp3) is 0. The smallest absolute Gasteiger partial charge is 0.271 e. The minimum absolute atomic E-state index is 0.0489. The lowest BCUT2D eigenvalue weighted by Crippen LogP contribution is -1.91. The number of nitrogens with zero attached hydrogens (tertiary/aromatic N) is 4. The van der Waals surface area contributed by atoms with E-state index in [1.165, 1.54) is 23.5 Å². The van der Waals surface area contributed by atoms with Gasteiger partial charge in [0.15, 0.2) is 4.77 Å². The van der Waals surface area contributed by atoms with Crippen LogP contribution in [0.25, 0.3) is 33.0 Å². The Hall–Kier alpha value is -3.35. The van der Waals surface area contributed by atoms with Gasteiger partial charge in [0, 0.05) is 18.3 Å². The summed E-state index contributed by atoms with van der Waals surface area (Å²) in [7, 11) is 0. The van der Waals surface area contributed by atoms with Crippen molar-refractivity contribution < 1.29 is 4.92 Å². The second-order valence-electron chi connectivity index (χ2n) is 5.40. The highest BCUT2D eigenvalue weighted by Crippen LogP contribution is 2.28. The molecule has 1 N–H and O–H groups in total. The maximum atomic E-state index is 11.0. The Labute approximate surface area is 155 Å². The first kappa shape index (κ1) is 16.1. The summed E-state index contributed by atoms with van der Waals surface area (Å²) in [6.07, 6.45) is 1.56. The molecule has 0 aliphatic rings. The molecular weight excluding hydrogens is 370 g/mol. The zero-order valence-electron chi connectivity index (χ0n) is 13.0. The average Bonchev–Trinajstić information content (AvgIpc) is 3.19. The van der Waals surface area contributed by atoms with Crippen LogP contribution in [-0.4, -0.2) is 19.5 Å². The first-order chi connectivity index (χ1) is 12.6. The highest BCUT2D eigenvalue weighted by Gasteiger charge is 2.13. The van der Waals surface area contributed by atoms with E-state index in [4.69, 9.17) is 12.2 Å². The summed E-state index contributed by atoms with van der Waals surface area (Å²) in [6.45, 7) is 0. The van der Waals surface area contributed by atoms with E-state index in [1.54, 1.807) is 16.8 Å². The molecule has 0 bridgehead atoms. The van der Waals surface area contributed by atoms with Crippen molar-refractivity contribution in [3.8, 4) is 6.07 Å². The largest absolute Gasteiger partial charge is 0.330 e. The summed E-state index contributed by atoms with van der Waals surface area (Å²) in [5.41, 5.74) is 2.27. The summed E-state index contributed by atoms with van der Waals surface area (Å²) >= 11 is 6.71. The van der Waals surface area contributed by atoms with Crippen LogP contribution in [-0.2, 0) is 0 Å². The van der Waals surface area contributed by atoms with E-state index in [2.05, 4.69) is 16.0 Å². The van der Waals surface area contributed by atoms with Crippen molar-refractivity contribution in [2.75, 3.05) is 0 Å². The first-order valence-electron chi connectivity index (χ1n) is 7.43. The van der Waals surface area contributed by atoms with Gasteiger partial charge in [-0.15, -0.1) is 11.3 Å². The van der Waals surface area contributed by atoms with E-state index < -0.39 is 4.92 Å². The molecule has 0 radical (unpaired) electrons. The number of rotatable bonds is 3. The van der Waals surface area contributed by atoms with Gasteiger partial charge in [-0.1, -0.05) is 12.1 Å². The van der Waals surface area contributed by atoms with Crippen LogP contribution in [0.2, 0.25) is 0 Å². The number of non-ortho nitro benzene ring substituents is 1. The third kappa shape index (κ3) is 2.67. The number of fused-ring (bicyclic) bond motifs is 2. The number of nitriles is 1. The molecular formula is C17H9N5O2S2. The molecule has 4 rings (SSSR count). The number of hydrogen-bond donors (Lipinski definition) is 1. The van der Waals surface area contributed by atoms with Gasteiger partial charge in [0.1, 0.15) is 16.6 Å². The van der Waals surface area contributed by atoms with Crippen LogP contribution >= 0.6 is 23.6 Å². The molecule has 0 amide bonds. The fourth-order valence-corrected chi connectivity index (χ4v) is 3.79. The Bertz CT molecular complexity index is 1270. The van der Waals surface area contributed by atoms with Crippen molar-refractivity contribution in [3.05, 3.63) is 62.4 Å². The van der Waals surface area contributed by atoms with Gasteiger partial charge in [0.25, 0.3) is 5.69 Å². The minimum Gasteiger partial charge on any atom is -0.330 e. The van der Waals surface area contributed by atoms with Gasteiger partial charge < -0.3 is 4.98 Å². The molecule has 7 nitrogen and oxygen atoms in total. The monoisotopic (exact) mass is 379 g/mol. The molecule has 0 unspecified atom stereocenters. The molecule has 126 valence electrons. The van der Waals surface area contributed by atoms with Gasteiger partial charge in [-0.2, -0.15) is 5.26 Å². The molecule has 0 aliphatic heterocycles. The van der Waals surface area contributed by atoms with Gasteiger partial charge in [-0.05, 0) is 30.4 Å². The van der Waals surface area contributed by atoms with Crippen molar-refractivity contribution in [3.63, 3.8) is 0 Å². The predicted octanol–water partition coefficient (Wildman–Crippen LogP) is 4.74. The number of hydrogen-bond acceptors (Lipinski definition) is 6. The lowest BCUT2D eigenvalue weighted by Gasteiger charge is -1.99. The molecule has 0 fully saturated rings. The van der Waals surface area contributed by atoms with E-state index >= 15 is 0 Å². The molecule has 26 heavy (non-hydrogen) atoms. The lowest BCUT2D eigenvalue weighted by atomic mass is 10.2. The molecule has 2 heterocycles. The van der Waals surface area contributed by atoms with E-state index in [1.807, 2.05) is 24.3 Å². The summed E-state index contributed by atoms with van der Waals surface area (Å²) in [5, 5.41) is 21.2. The summed E-state index contributed by atoms with van der Waals surface area (Å²) in [5.74, 6) is 0. The van der Waals surface area contributed by atoms with Crippen LogP contribution in [0.5, 0.6) is 0 Å². The summed E-state index contributed by atoms with van der Waals surface area (Å²) in [4.78, 5) is 18.0. The van der Waals surface area contributed by atoms with E-state index in [9.17, 15) is 15.4 Å². The summed E-state index contributed by atoms with van der Waals surface area (Å²) in [6, 6.07) is 14.2. The fourth-order valence-electron chi connectivity index (χ4n) is 2.60. The number of thiazole rings is 1. The number of aromatic amines is 1. The quantitative estimate of drug-likeness (QED) is 0.240. The zero-order valence-corrected chi connectivity index (χ0v) is 14.7. The van der Waals surface area contributed by atoms with E-state index in [-0.39, 0.29) is 5.69 Å². The number of aromatic nitrogens is 3. The van der Waals surface area contributed by atoms with Crippen molar-refractivity contribution in [2.45, 2.75) is 0 Å². The maximum Gasteiger partial charge on any atom is 0.271 e. The number of imidazole rings is 1. The van der Waals surface area contributed by atoms with Crippen LogP contribution in [0.1, 0.15) is 5.01 Å². The SMILES string of the molecule is N#C/C(=C\n1c(=S)[nH]c2ccc([N+](=O)[O-])cc21)c1nc2ccccc2s1. The Kier molecular flexibility index (Phi) is 3.84. The molecule has 9 heteroatoms. The second kappa shape index (κ2) is 6.18. The highest BCUT2D eigenvalue weighted by atomic mass is 32.1. The highest BCUT2D eigenvalue weighted by molar-refractivity contribution is 7.71. The normalized spacial score (nSPS) is 11.7. The molecule has 2 aromatic heterocycles. The van der Waals surface area contributed by atoms with Crippen LogP contribution in [0.4, 0.5) is 5.69 Å². The minimum atomic E-state index is -0.470. The molecule has 4 aromatic rings. The number of nitro benzene ring substituents is 1. The van der Waals surface area contributed by atoms with Gasteiger partial charge >= 0.3 is 0 Å². The third-order valence-electron chi connectivity index (χ3n) is 3.82. The van der Waals surface area contributed by atoms with Crippen molar-refractivity contribution >= 4 is 62.3 Å². The lowest BCUT2D eigenvalue weighted by molar-refractivity contribution is -0.384. The Balaban J connectivity index is 1.91. The number of nitro groups is 1. The van der Waals surface area contributed by atoms with Crippen molar-refractivity contribution in [2.24, 2.45) is 0 Å². The van der Waals surface area contributed by atoms with Crippen LogP contribution in [0, 0.1) is 26.2 Å². The third-order valence-corrected chi connectivity index (χ3v) is 5.18. The van der Waals surface area contributed by atoms with Crippen molar-refractivity contribution in [1.82, 2.24) is 14.5 Å². The molecule has 2 aromatic carbocycles. The standard InChI is InChI=1S/C17H9N5O2S2/c18-8-10(16-19-13-3-1-2-4-15(13)26-16)9-21-14-7-11(22(23)24)5-6-12(14)20-17(21)25/h1-7,9H,(H,20,25)/b10-9+. The molecule has 0 saturated carbocycles. The number of benzene rings is 2. The maximum absolute atomic E-state index is 11.0. The van der Waals surface area contributed by atoms with E-state index in [0.29, 0.717) is 26.4 Å². The molecule has 0 atom stereocenters. The van der Waals surface area contributed by atoms with Crippen LogP contribution in [0.3, 0.4) is 0 Å². The van der Waals surface area contributed by atoms with Gasteiger partial charge in [-0.25, -0.2) is 4.98 Å². The van der Waals surface area contributed by atoms with Crippen molar-refractivity contribution in [1.29, 1.82) is 5.26 Å². The number of para-hydroxylation sites is 1. The Morgan fingerprint density at radius 3 is 2.92 bits per heavy atom. The topological polar surface area (TPSA) is 101 Å². The predicted molar refractivity (Wildman–Crippen MR) is 103 cm³/mol. The number of allylic oxidation sites excluding steroid dienone is 1. The first-order valence-corrected chi connectivity index (χ1v) is 8.66. The van der Waals surface area contributed by atoms with Crippen LogP contribution in [0.15, 0.2) is 42.5 Å². The van der Waals surface area contributed by atoms with Crippen LogP contribution < -0.4 is 0 Å². The zero-order chi connectivity index (χ0) is 18.3. The molecule has 0 saturated heterocycles. The Morgan fingerprint density at radius 2 is 2.19 bits per heavy atom. The average molecular weight is 379 g/mol. The van der Waals surface area contributed by atoms with E-state index in [0.717, 1.165) is 10.2 Å². The van der Waals surface area contributed by atoms with Gasteiger partial charge in [-0.3, -0.25) is 14.7 Å². The molecule has 0 spiro atoms. The van der Waals surface area contributed by atoms with Gasteiger partial charge in [0.05, 0.1) is 26.2 Å². The summed E-state index contributed by atoms with van der Waals surface area (Å²) < 4.78 is 2.87. The molecule has 0 aliphatic carbocycles. The number of nitrogens with one attached hydrogen (secondary N) is 1. The second-order valence-corrected chi connectivity index (χ2v) is 6.82. The Morgan fingerprint density at radius 1 is 1.38 bits per heavy atom. The van der Waals surface area contributed by atoms with Gasteiger partial charge in [0.2, 0.25) is 0 Å². The number of H-pyrrole nitrogens is 1.